The normalized spacial score (nSPS) is 19.1. The van der Waals surface area contributed by atoms with Gasteiger partial charge in [0.15, 0.2) is 0 Å². The van der Waals surface area contributed by atoms with Crippen molar-refractivity contribution in [2.24, 2.45) is 5.73 Å². The van der Waals surface area contributed by atoms with Gasteiger partial charge in [-0.2, -0.15) is 0 Å². The van der Waals surface area contributed by atoms with E-state index in [0.29, 0.717) is 0 Å². The van der Waals surface area contributed by atoms with Crippen molar-refractivity contribution in [2.75, 3.05) is 18.0 Å². The maximum Gasteiger partial charge on any atom is 0.225 e. The molecule has 1 atom stereocenters. The zero-order chi connectivity index (χ0) is 13.9. The summed E-state index contributed by atoms with van der Waals surface area (Å²) in [5.74, 6) is 0.789. The fourth-order valence-corrected chi connectivity index (χ4v) is 2.71. The molecule has 1 aromatic heterocycles. The number of nitrogens with two attached hydrogens (primary N) is 1. The van der Waals surface area contributed by atoms with Crippen LogP contribution in [0.5, 0.6) is 0 Å². The monoisotopic (exact) mass is 268 g/mol. The Labute approximate surface area is 119 Å². The Balaban J connectivity index is 1.83. The Morgan fingerprint density at radius 1 is 1.20 bits per heavy atom. The van der Waals surface area contributed by atoms with Crippen molar-refractivity contribution in [3.63, 3.8) is 0 Å². The molecule has 2 aromatic rings. The van der Waals surface area contributed by atoms with Crippen LogP contribution in [0.1, 0.15) is 18.4 Å². The predicted octanol–water partition coefficient (Wildman–Crippen LogP) is 2.38. The summed E-state index contributed by atoms with van der Waals surface area (Å²) >= 11 is 0. The van der Waals surface area contributed by atoms with Gasteiger partial charge in [-0.25, -0.2) is 9.97 Å². The molecule has 0 saturated carbocycles. The molecule has 104 valence electrons. The lowest BCUT2D eigenvalue weighted by Gasteiger charge is -2.30. The molecule has 4 heteroatoms. The molecule has 0 aliphatic carbocycles. The number of hydrogen-bond donors (Lipinski definition) is 1. The fourth-order valence-electron chi connectivity index (χ4n) is 2.71. The fraction of sp³-hybridized carbons (Fsp3) is 0.375. The zero-order valence-corrected chi connectivity index (χ0v) is 11.8. The second-order valence-electron chi connectivity index (χ2n) is 5.43. The lowest BCUT2D eigenvalue weighted by Crippen LogP contribution is -2.43. The highest BCUT2D eigenvalue weighted by Crippen LogP contribution is 2.23. The van der Waals surface area contributed by atoms with Crippen LogP contribution in [0.2, 0.25) is 0 Å². The van der Waals surface area contributed by atoms with E-state index >= 15 is 0 Å². The Hall–Kier alpha value is -1.94. The molecule has 1 saturated heterocycles. The van der Waals surface area contributed by atoms with Crippen LogP contribution in [0.15, 0.2) is 36.7 Å². The summed E-state index contributed by atoms with van der Waals surface area (Å²) in [5, 5.41) is 0. The Bertz CT molecular complexity index is 579. The van der Waals surface area contributed by atoms with E-state index in [4.69, 9.17) is 5.73 Å². The minimum atomic E-state index is 0.239. The van der Waals surface area contributed by atoms with E-state index in [0.717, 1.165) is 37.4 Å². The van der Waals surface area contributed by atoms with Gasteiger partial charge in [-0.3, -0.25) is 0 Å². The van der Waals surface area contributed by atoms with Crippen LogP contribution in [0.3, 0.4) is 0 Å². The third kappa shape index (κ3) is 2.65. The van der Waals surface area contributed by atoms with Gasteiger partial charge in [-0.1, -0.05) is 24.3 Å². The van der Waals surface area contributed by atoms with E-state index in [1.54, 1.807) is 0 Å². The molecule has 1 aliphatic heterocycles. The third-order valence-electron chi connectivity index (χ3n) is 3.83. The van der Waals surface area contributed by atoms with Gasteiger partial charge in [-0.05, 0) is 30.9 Å². The maximum atomic E-state index is 6.01. The number of rotatable bonds is 2. The maximum absolute atomic E-state index is 6.01. The van der Waals surface area contributed by atoms with Crippen molar-refractivity contribution < 1.29 is 0 Å². The first kappa shape index (κ1) is 13.1. The second kappa shape index (κ2) is 5.59. The number of aromatic nitrogens is 2. The summed E-state index contributed by atoms with van der Waals surface area (Å²) < 4.78 is 0. The highest BCUT2D eigenvalue weighted by Gasteiger charge is 2.18. The smallest absolute Gasteiger partial charge is 0.225 e. The number of aryl methyl sites for hydroxylation is 1. The Morgan fingerprint density at radius 3 is 2.65 bits per heavy atom. The van der Waals surface area contributed by atoms with Crippen LogP contribution >= 0.6 is 0 Å². The average molecular weight is 268 g/mol. The van der Waals surface area contributed by atoms with Gasteiger partial charge in [0.05, 0.1) is 0 Å². The van der Waals surface area contributed by atoms with E-state index in [1.807, 2.05) is 24.5 Å². The number of hydrogen-bond acceptors (Lipinski definition) is 4. The van der Waals surface area contributed by atoms with Crippen molar-refractivity contribution in [1.82, 2.24) is 9.97 Å². The van der Waals surface area contributed by atoms with Crippen LogP contribution in [0.4, 0.5) is 5.95 Å². The molecule has 1 unspecified atom stereocenters. The summed E-state index contributed by atoms with van der Waals surface area (Å²) in [5.41, 5.74) is 9.50. The molecule has 20 heavy (non-hydrogen) atoms. The van der Waals surface area contributed by atoms with E-state index in [2.05, 4.69) is 33.9 Å². The SMILES string of the molecule is Cc1ccccc1-c1cnc(N2CCCC(N)C2)nc1. The Morgan fingerprint density at radius 2 is 1.95 bits per heavy atom. The molecule has 0 bridgehead atoms. The molecular formula is C16H20N4. The highest BCUT2D eigenvalue weighted by molar-refractivity contribution is 5.65. The predicted molar refractivity (Wildman–Crippen MR) is 81.6 cm³/mol. The zero-order valence-electron chi connectivity index (χ0n) is 11.8. The van der Waals surface area contributed by atoms with Gasteiger partial charge in [0.2, 0.25) is 5.95 Å². The van der Waals surface area contributed by atoms with E-state index in [9.17, 15) is 0 Å². The van der Waals surface area contributed by atoms with Gasteiger partial charge in [0.25, 0.3) is 0 Å². The summed E-state index contributed by atoms with van der Waals surface area (Å²) in [4.78, 5) is 11.2. The quantitative estimate of drug-likeness (QED) is 0.908. The van der Waals surface area contributed by atoms with Crippen molar-refractivity contribution in [3.05, 3.63) is 42.2 Å². The lowest BCUT2D eigenvalue weighted by atomic mass is 10.0. The molecule has 2 N–H and O–H groups in total. The summed E-state index contributed by atoms with van der Waals surface area (Å²) in [6.45, 7) is 3.95. The van der Waals surface area contributed by atoms with Crippen molar-refractivity contribution in [2.45, 2.75) is 25.8 Å². The van der Waals surface area contributed by atoms with Gasteiger partial charge in [0.1, 0.15) is 0 Å². The third-order valence-corrected chi connectivity index (χ3v) is 3.83. The summed E-state index contributed by atoms with van der Waals surface area (Å²) in [7, 11) is 0. The molecule has 0 spiro atoms. The molecule has 1 fully saturated rings. The molecule has 1 aromatic carbocycles. The summed E-state index contributed by atoms with van der Waals surface area (Å²) in [6.07, 6.45) is 6.03. The molecular weight excluding hydrogens is 248 g/mol. The minimum Gasteiger partial charge on any atom is -0.339 e. The summed E-state index contributed by atoms with van der Waals surface area (Å²) in [6, 6.07) is 8.53. The number of benzene rings is 1. The Kier molecular flexibility index (Phi) is 3.65. The highest BCUT2D eigenvalue weighted by atomic mass is 15.3. The molecule has 2 heterocycles. The number of piperidine rings is 1. The van der Waals surface area contributed by atoms with Gasteiger partial charge in [-0.15, -0.1) is 0 Å². The van der Waals surface area contributed by atoms with Gasteiger partial charge < -0.3 is 10.6 Å². The largest absolute Gasteiger partial charge is 0.339 e. The topological polar surface area (TPSA) is 55.0 Å². The molecule has 4 nitrogen and oxygen atoms in total. The van der Waals surface area contributed by atoms with Crippen LogP contribution in [-0.2, 0) is 0 Å². The van der Waals surface area contributed by atoms with Crippen molar-refractivity contribution >= 4 is 5.95 Å². The van der Waals surface area contributed by atoms with Gasteiger partial charge >= 0.3 is 0 Å². The molecule has 0 amide bonds. The number of nitrogens with zero attached hydrogens (tertiary/aromatic N) is 3. The van der Waals surface area contributed by atoms with Crippen LogP contribution in [0.25, 0.3) is 11.1 Å². The average Bonchev–Trinajstić information content (AvgIpc) is 2.48. The van der Waals surface area contributed by atoms with E-state index in [1.165, 1.54) is 11.1 Å². The van der Waals surface area contributed by atoms with Crippen molar-refractivity contribution in [1.29, 1.82) is 0 Å². The van der Waals surface area contributed by atoms with E-state index < -0.39 is 0 Å². The lowest BCUT2D eigenvalue weighted by molar-refractivity contribution is 0.500. The van der Waals surface area contributed by atoms with Gasteiger partial charge in [0, 0.05) is 37.1 Å². The second-order valence-corrected chi connectivity index (χ2v) is 5.43. The van der Waals surface area contributed by atoms with Crippen LogP contribution < -0.4 is 10.6 Å². The van der Waals surface area contributed by atoms with Crippen LogP contribution in [-0.4, -0.2) is 29.1 Å². The molecule has 1 aliphatic rings. The van der Waals surface area contributed by atoms with E-state index in [-0.39, 0.29) is 6.04 Å². The number of anilines is 1. The minimum absolute atomic E-state index is 0.239. The first-order valence-electron chi connectivity index (χ1n) is 7.12. The first-order valence-corrected chi connectivity index (χ1v) is 7.12. The van der Waals surface area contributed by atoms with Crippen LogP contribution in [0, 0.1) is 6.92 Å². The first-order chi connectivity index (χ1) is 9.74. The molecule has 0 radical (unpaired) electrons. The molecule has 3 rings (SSSR count). The standard InChI is InChI=1S/C16H20N4/c1-12-5-2-3-7-15(12)13-9-18-16(19-10-13)20-8-4-6-14(17)11-20/h2-3,5,7,9-10,14H,4,6,8,11,17H2,1H3. The van der Waals surface area contributed by atoms with Crippen molar-refractivity contribution in [3.8, 4) is 11.1 Å².